The van der Waals surface area contributed by atoms with Gasteiger partial charge in [0.25, 0.3) is 0 Å². The lowest BCUT2D eigenvalue weighted by atomic mass is 10.3. The Labute approximate surface area is 150 Å². The summed E-state index contributed by atoms with van der Waals surface area (Å²) in [5, 5.41) is 4.88. The molecular weight excluding hydrogens is 340 g/mol. The first-order valence-electron chi connectivity index (χ1n) is 7.71. The normalized spacial score (nSPS) is 10.0. The zero-order valence-electron chi connectivity index (χ0n) is 14.1. The van der Waals surface area contributed by atoms with Gasteiger partial charge in [-0.15, -0.1) is 11.8 Å². The smallest absolute Gasteiger partial charge is 0.325 e. The highest BCUT2D eigenvalue weighted by Crippen LogP contribution is 2.21. The average Bonchev–Trinajstić information content (AvgIpc) is 2.62. The van der Waals surface area contributed by atoms with Crippen molar-refractivity contribution >= 4 is 29.4 Å². The molecule has 3 amide bonds. The van der Waals surface area contributed by atoms with Crippen LogP contribution in [-0.4, -0.2) is 31.4 Å². The lowest BCUT2D eigenvalue weighted by molar-refractivity contribution is -0.117. The number of amides is 3. The van der Waals surface area contributed by atoms with Gasteiger partial charge in [0.05, 0.1) is 19.5 Å². The van der Waals surface area contributed by atoms with Crippen LogP contribution in [0.3, 0.4) is 0 Å². The van der Waals surface area contributed by atoms with Gasteiger partial charge in [0.15, 0.2) is 0 Å². The van der Waals surface area contributed by atoms with Gasteiger partial charge in [-0.2, -0.15) is 0 Å². The molecule has 0 aliphatic carbocycles. The Kier molecular flexibility index (Phi) is 7.16. The predicted molar refractivity (Wildman–Crippen MR) is 98.5 cm³/mol. The molecule has 0 bridgehead atoms. The van der Waals surface area contributed by atoms with E-state index < -0.39 is 6.03 Å². The lowest BCUT2D eigenvalue weighted by Gasteiger charge is -2.08. The molecule has 0 spiro atoms. The van der Waals surface area contributed by atoms with E-state index in [0.717, 1.165) is 10.6 Å². The molecule has 6 nitrogen and oxygen atoms in total. The van der Waals surface area contributed by atoms with Gasteiger partial charge >= 0.3 is 6.03 Å². The van der Waals surface area contributed by atoms with Crippen LogP contribution < -0.4 is 20.1 Å². The second kappa shape index (κ2) is 9.58. The van der Waals surface area contributed by atoms with Crippen LogP contribution in [-0.2, 0) is 4.79 Å². The zero-order chi connectivity index (χ0) is 18.1. The number of hydrogen-bond donors (Lipinski definition) is 2. The van der Waals surface area contributed by atoms with Crippen LogP contribution in [0.15, 0.2) is 53.4 Å². The van der Waals surface area contributed by atoms with Crippen molar-refractivity contribution < 1.29 is 19.1 Å². The fourth-order valence-corrected chi connectivity index (χ4v) is 2.65. The predicted octanol–water partition coefficient (Wildman–Crippen LogP) is 3.53. The second-order valence-corrected chi connectivity index (χ2v) is 5.97. The lowest BCUT2D eigenvalue weighted by Crippen LogP contribution is -2.35. The molecule has 0 saturated heterocycles. The molecule has 7 heteroatoms. The van der Waals surface area contributed by atoms with E-state index in [1.165, 1.54) is 11.8 Å². The number of carbonyl (C=O) groups is 2. The summed E-state index contributed by atoms with van der Waals surface area (Å²) in [5.41, 5.74) is 0.574. The van der Waals surface area contributed by atoms with Crippen molar-refractivity contribution in [3.8, 4) is 11.5 Å². The molecule has 2 N–H and O–H groups in total. The number of methoxy groups -OCH3 is 1. The van der Waals surface area contributed by atoms with Crippen molar-refractivity contribution in [2.24, 2.45) is 0 Å². The quantitative estimate of drug-likeness (QED) is 0.739. The topological polar surface area (TPSA) is 76.7 Å². The van der Waals surface area contributed by atoms with Gasteiger partial charge in [-0.3, -0.25) is 10.1 Å². The number of carbonyl (C=O) groups excluding carboxylic acids is 2. The molecule has 0 saturated carbocycles. The monoisotopic (exact) mass is 360 g/mol. The Hall–Kier alpha value is -2.67. The van der Waals surface area contributed by atoms with Crippen LogP contribution in [0, 0.1) is 0 Å². The van der Waals surface area contributed by atoms with Gasteiger partial charge in [-0.1, -0.05) is 0 Å². The zero-order valence-corrected chi connectivity index (χ0v) is 14.9. The van der Waals surface area contributed by atoms with Crippen LogP contribution in [0.2, 0.25) is 0 Å². The van der Waals surface area contributed by atoms with Crippen molar-refractivity contribution in [2.75, 3.05) is 24.8 Å². The average molecular weight is 360 g/mol. The number of thioether (sulfide) groups is 1. The van der Waals surface area contributed by atoms with Crippen molar-refractivity contribution in [2.45, 2.75) is 11.8 Å². The Bertz CT molecular complexity index is 702. The van der Waals surface area contributed by atoms with Gasteiger partial charge in [0.1, 0.15) is 11.5 Å². The summed E-state index contributed by atoms with van der Waals surface area (Å²) in [6, 6.07) is 13.7. The number of ether oxygens (including phenoxy) is 2. The molecule has 25 heavy (non-hydrogen) atoms. The van der Waals surface area contributed by atoms with Crippen molar-refractivity contribution in [3.05, 3.63) is 48.5 Å². The highest BCUT2D eigenvalue weighted by Gasteiger charge is 2.09. The van der Waals surface area contributed by atoms with Crippen LogP contribution in [0.5, 0.6) is 11.5 Å². The summed E-state index contributed by atoms with van der Waals surface area (Å²) < 4.78 is 10.4. The van der Waals surface area contributed by atoms with Gasteiger partial charge in [-0.25, -0.2) is 4.79 Å². The molecule has 2 aromatic carbocycles. The SMILES string of the molecule is CCOc1ccc(SCC(=O)NC(=O)Nc2ccc(OC)cc2)cc1. The summed E-state index contributed by atoms with van der Waals surface area (Å²) in [5.74, 6) is 1.25. The number of hydrogen-bond acceptors (Lipinski definition) is 5. The van der Waals surface area contributed by atoms with Crippen LogP contribution in [0.25, 0.3) is 0 Å². The van der Waals surface area contributed by atoms with Crippen molar-refractivity contribution in [3.63, 3.8) is 0 Å². The Morgan fingerprint density at radius 1 is 1.00 bits per heavy atom. The summed E-state index contributed by atoms with van der Waals surface area (Å²) in [7, 11) is 1.57. The Morgan fingerprint density at radius 2 is 1.64 bits per heavy atom. The number of rotatable bonds is 7. The van der Waals surface area contributed by atoms with E-state index in [1.54, 1.807) is 31.4 Å². The first kappa shape index (κ1) is 18.7. The second-order valence-electron chi connectivity index (χ2n) is 4.92. The minimum absolute atomic E-state index is 0.143. The Morgan fingerprint density at radius 3 is 2.24 bits per heavy atom. The number of nitrogens with one attached hydrogen (secondary N) is 2. The van der Waals surface area contributed by atoms with E-state index in [0.29, 0.717) is 18.0 Å². The maximum Gasteiger partial charge on any atom is 0.325 e. The molecule has 0 aliphatic rings. The molecule has 0 heterocycles. The molecule has 132 valence electrons. The molecule has 2 rings (SSSR count). The molecule has 0 aromatic heterocycles. The third-order valence-electron chi connectivity index (χ3n) is 3.11. The van der Waals surface area contributed by atoms with Gasteiger partial charge < -0.3 is 14.8 Å². The first-order chi connectivity index (χ1) is 12.1. The molecule has 0 radical (unpaired) electrons. The van der Waals surface area contributed by atoms with Crippen LogP contribution in [0.1, 0.15) is 6.92 Å². The Balaban J connectivity index is 1.75. The number of anilines is 1. The van der Waals surface area contributed by atoms with E-state index in [-0.39, 0.29) is 11.7 Å². The molecule has 2 aromatic rings. The summed E-state index contributed by atoms with van der Waals surface area (Å²) in [6.07, 6.45) is 0. The van der Waals surface area contributed by atoms with Crippen LogP contribution >= 0.6 is 11.8 Å². The van der Waals surface area contributed by atoms with E-state index in [9.17, 15) is 9.59 Å². The number of urea groups is 1. The summed E-state index contributed by atoms with van der Waals surface area (Å²) in [6.45, 7) is 2.53. The fourth-order valence-electron chi connectivity index (χ4n) is 1.95. The maximum absolute atomic E-state index is 11.8. The van der Waals surface area contributed by atoms with Crippen LogP contribution in [0.4, 0.5) is 10.5 Å². The minimum Gasteiger partial charge on any atom is -0.497 e. The first-order valence-corrected chi connectivity index (χ1v) is 8.70. The molecule has 0 unspecified atom stereocenters. The largest absolute Gasteiger partial charge is 0.497 e. The highest BCUT2D eigenvalue weighted by molar-refractivity contribution is 8.00. The fraction of sp³-hybridized carbons (Fsp3) is 0.222. The number of benzene rings is 2. The third kappa shape index (κ3) is 6.39. The highest BCUT2D eigenvalue weighted by atomic mass is 32.2. The van der Waals surface area contributed by atoms with E-state index in [4.69, 9.17) is 9.47 Å². The third-order valence-corrected chi connectivity index (χ3v) is 4.12. The van der Waals surface area contributed by atoms with E-state index in [2.05, 4.69) is 10.6 Å². The van der Waals surface area contributed by atoms with Crippen molar-refractivity contribution in [1.29, 1.82) is 0 Å². The van der Waals surface area contributed by atoms with Crippen molar-refractivity contribution in [1.82, 2.24) is 5.32 Å². The van der Waals surface area contributed by atoms with E-state index >= 15 is 0 Å². The molecule has 0 aliphatic heterocycles. The summed E-state index contributed by atoms with van der Waals surface area (Å²) >= 11 is 1.34. The minimum atomic E-state index is -0.567. The maximum atomic E-state index is 11.8. The van der Waals surface area contributed by atoms with Gasteiger partial charge in [0.2, 0.25) is 5.91 Å². The van der Waals surface area contributed by atoms with Gasteiger partial charge in [0, 0.05) is 10.6 Å². The molecule has 0 atom stereocenters. The van der Waals surface area contributed by atoms with Gasteiger partial charge in [-0.05, 0) is 55.5 Å². The summed E-state index contributed by atoms with van der Waals surface area (Å²) in [4.78, 5) is 24.6. The standard InChI is InChI=1S/C18H20N2O4S/c1-3-24-15-8-10-16(11-9-15)25-12-17(21)20-18(22)19-13-4-6-14(23-2)7-5-13/h4-11H,3,12H2,1-2H3,(H2,19,20,21,22). The number of imide groups is 1. The van der Waals surface area contributed by atoms with E-state index in [1.807, 2.05) is 31.2 Å². The molecule has 0 fully saturated rings. The molecular formula is C18H20N2O4S.